The minimum absolute atomic E-state index is 0.0897. The second-order valence-corrected chi connectivity index (χ2v) is 7.30. The fourth-order valence-corrected chi connectivity index (χ4v) is 3.92. The van der Waals surface area contributed by atoms with E-state index >= 15 is 0 Å². The molecule has 1 fully saturated rings. The number of nitrogens with zero attached hydrogens (tertiary/aromatic N) is 4. The molecule has 3 heterocycles. The minimum Gasteiger partial charge on any atom is -0.417 e. The van der Waals surface area contributed by atoms with Crippen molar-refractivity contribution in [3.63, 3.8) is 0 Å². The molecule has 1 aliphatic rings. The van der Waals surface area contributed by atoms with Gasteiger partial charge in [-0.15, -0.1) is 21.5 Å². The van der Waals surface area contributed by atoms with Gasteiger partial charge in [-0.25, -0.2) is 4.98 Å². The number of piperidine rings is 1. The van der Waals surface area contributed by atoms with Crippen LogP contribution in [-0.4, -0.2) is 39.1 Å². The number of carbonyl (C=O) groups excluding carboxylic acids is 1. The molecule has 6 nitrogen and oxygen atoms in total. The summed E-state index contributed by atoms with van der Waals surface area (Å²) < 4.78 is 42.8. The molecular formula is C18H15F3N4O2S. The number of carbonyl (C=O) groups is 1. The largest absolute Gasteiger partial charge is 0.470 e. The van der Waals surface area contributed by atoms with Gasteiger partial charge in [-0.3, -0.25) is 4.79 Å². The molecule has 10 heteroatoms. The van der Waals surface area contributed by atoms with Gasteiger partial charge in [0.2, 0.25) is 5.89 Å². The van der Waals surface area contributed by atoms with E-state index in [1.54, 1.807) is 10.3 Å². The molecule has 1 aromatic carbocycles. The molecule has 1 atom stereocenters. The van der Waals surface area contributed by atoms with Crippen molar-refractivity contribution in [2.75, 3.05) is 13.1 Å². The van der Waals surface area contributed by atoms with E-state index in [-0.39, 0.29) is 18.3 Å². The van der Waals surface area contributed by atoms with E-state index in [0.29, 0.717) is 25.1 Å². The SMILES string of the molecule is O=C(c1csc(-c2ccccc2)n1)N1CCCC(c2nnc(C(F)(F)F)o2)C1. The van der Waals surface area contributed by atoms with Crippen LogP contribution in [0.4, 0.5) is 13.2 Å². The lowest BCUT2D eigenvalue weighted by molar-refractivity contribution is -0.157. The Morgan fingerprint density at radius 3 is 2.71 bits per heavy atom. The van der Waals surface area contributed by atoms with Crippen molar-refractivity contribution in [3.05, 3.63) is 53.2 Å². The predicted octanol–water partition coefficient (Wildman–Crippen LogP) is 4.23. The topological polar surface area (TPSA) is 72.1 Å². The Hall–Kier alpha value is -2.75. The zero-order valence-corrected chi connectivity index (χ0v) is 15.3. The molecule has 0 N–H and O–H groups in total. The first kappa shape index (κ1) is 18.6. The van der Waals surface area contributed by atoms with Crippen molar-refractivity contribution in [2.45, 2.75) is 24.9 Å². The Morgan fingerprint density at radius 2 is 2.00 bits per heavy atom. The highest BCUT2D eigenvalue weighted by atomic mass is 32.1. The lowest BCUT2D eigenvalue weighted by Crippen LogP contribution is -2.39. The highest BCUT2D eigenvalue weighted by molar-refractivity contribution is 7.13. The van der Waals surface area contributed by atoms with Crippen LogP contribution in [0.2, 0.25) is 0 Å². The first-order valence-corrected chi connectivity index (χ1v) is 9.50. The quantitative estimate of drug-likeness (QED) is 0.649. The fourth-order valence-electron chi connectivity index (χ4n) is 3.12. The van der Waals surface area contributed by atoms with Gasteiger partial charge in [0.1, 0.15) is 10.7 Å². The minimum atomic E-state index is -4.68. The molecule has 1 saturated heterocycles. The predicted molar refractivity (Wildman–Crippen MR) is 94.7 cm³/mol. The summed E-state index contributed by atoms with van der Waals surface area (Å²) in [6.45, 7) is 0.727. The van der Waals surface area contributed by atoms with Gasteiger partial charge in [-0.05, 0) is 12.8 Å². The van der Waals surface area contributed by atoms with E-state index in [2.05, 4.69) is 15.2 Å². The summed E-state index contributed by atoms with van der Waals surface area (Å²) in [7, 11) is 0. The molecule has 1 aliphatic heterocycles. The Balaban J connectivity index is 1.48. The lowest BCUT2D eigenvalue weighted by Gasteiger charge is -2.30. The van der Waals surface area contributed by atoms with Crippen molar-refractivity contribution in [3.8, 4) is 10.6 Å². The lowest BCUT2D eigenvalue weighted by atomic mass is 9.98. The maximum absolute atomic E-state index is 12.8. The number of likely N-dealkylation sites (tertiary alicyclic amines) is 1. The summed E-state index contributed by atoms with van der Waals surface area (Å²) >= 11 is 1.37. The Labute approximate surface area is 162 Å². The van der Waals surface area contributed by atoms with Crippen LogP contribution in [0, 0.1) is 0 Å². The number of aromatic nitrogens is 3. The molecule has 2 aromatic heterocycles. The molecular weight excluding hydrogens is 393 g/mol. The fraction of sp³-hybridized carbons (Fsp3) is 0.333. The van der Waals surface area contributed by atoms with Gasteiger partial charge in [-0.1, -0.05) is 30.3 Å². The van der Waals surface area contributed by atoms with Crippen molar-refractivity contribution in [2.24, 2.45) is 0 Å². The van der Waals surface area contributed by atoms with Crippen molar-refractivity contribution >= 4 is 17.2 Å². The van der Waals surface area contributed by atoms with Crippen molar-refractivity contribution < 1.29 is 22.4 Å². The average Bonchev–Trinajstić information content (AvgIpc) is 3.38. The van der Waals surface area contributed by atoms with Crippen LogP contribution in [0.5, 0.6) is 0 Å². The maximum atomic E-state index is 12.8. The summed E-state index contributed by atoms with van der Waals surface area (Å²) in [6, 6.07) is 9.52. The summed E-state index contributed by atoms with van der Waals surface area (Å²) in [5.41, 5.74) is 1.25. The molecule has 146 valence electrons. The van der Waals surface area contributed by atoms with Crippen LogP contribution in [0.3, 0.4) is 0 Å². The third-order valence-corrected chi connectivity index (χ3v) is 5.38. The first-order valence-electron chi connectivity index (χ1n) is 8.62. The van der Waals surface area contributed by atoms with Crippen molar-refractivity contribution in [1.29, 1.82) is 0 Å². The van der Waals surface area contributed by atoms with Crippen LogP contribution < -0.4 is 0 Å². The molecule has 1 amide bonds. The number of hydrogen-bond acceptors (Lipinski definition) is 6. The molecule has 0 radical (unpaired) electrons. The van der Waals surface area contributed by atoms with E-state index in [9.17, 15) is 18.0 Å². The monoisotopic (exact) mass is 408 g/mol. The molecule has 3 aromatic rings. The summed E-state index contributed by atoms with van der Waals surface area (Å²) in [4.78, 5) is 18.8. The van der Waals surface area contributed by atoms with Gasteiger partial charge in [-0.2, -0.15) is 13.2 Å². The van der Waals surface area contributed by atoms with Gasteiger partial charge in [0, 0.05) is 24.0 Å². The molecule has 0 aliphatic carbocycles. The average molecular weight is 408 g/mol. The molecule has 28 heavy (non-hydrogen) atoms. The van der Waals surface area contributed by atoms with Gasteiger partial charge < -0.3 is 9.32 Å². The van der Waals surface area contributed by atoms with Crippen LogP contribution in [0.25, 0.3) is 10.6 Å². The smallest absolute Gasteiger partial charge is 0.417 e. The number of benzene rings is 1. The second-order valence-electron chi connectivity index (χ2n) is 6.44. The number of amides is 1. The molecule has 1 unspecified atom stereocenters. The number of halogens is 3. The summed E-state index contributed by atoms with van der Waals surface area (Å²) in [6.07, 6.45) is -3.46. The Kier molecular flexibility index (Phi) is 4.88. The van der Waals surface area contributed by atoms with Crippen LogP contribution in [-0.2, 0) is 6.18 Å². The van der Waals surface area contributed by atoms with Gasteiger partial charge in [0.05, 0.1) is 5.92 Å². The third kappa shape index (κ3) is 3.77. The standard InChI is InChI=1S/C18H15F3N4O2S/c19-18(20,21)17-24-23-14(27-17)12-7-4-8-25(9-12)16(26)13-10-28-15(22-13)11-5-2-1-3-6-11/h1-3,5-6,10,12H,4,7-9H2. The number of hydrogen-bond donors (Lipinski definition) is 0. The van der Waals surface area contributed by atoms with Gasteiger partial charge >= 0.3 is 12.1 Å². The van der Waals surface area contributed by atoms with Gasteiger partial charge in [0.25, 0.3) is 5.91 Å². The summed E-state index contributed by atoms with van der Waals surface area (Å²) in [5, 5.41) is 9.04. The first-order chi connectivity index (χ1) is 13.4. The normalized spacial score (nSPS) is 17.7. The zero-order valence-electron chi connectivity index (χ0n) is 14.5. The van der Waals surface area contributed by atoms with Crippen molar-refractivity contribution in [1.82, 2.24) is 20.1 Å². The number of rotatable bonds is 3. The molecule has 0 spiro atoms. The van der Waals surface area contributed by atoms with Crippen LogP contribution in [0.1, 0.15) is 41.0 Å². The van der Waals surface area contributed by atoms with Gasteiger partial charge in [0.15, 0.2) is 0 Å². The Bertz CT molecular complexity index is 971. The van der Waals surface area contributed by atoms with E-state index < -0.39 is 18.0 Å². The van der Waals surface area contributed by atoms with Crippen LogP contribution in [0.15, 0.2) is 40.1 Å². The molecule has 0 bridgehead atoms. The Morgan fingerprint density at radius 1 is 1.21 bits per heavy atom. The maximum Gasteiger partial charge on any atom is 0.470 e. The number of alkyl halides is 3. The second kappa shape index (κ2) is 7.34. The van der Waals surface area contributed by atoms with E-state index in [1.165, 1.54) is 11.3 Å². The van der Waals surface area contributed by atoms with Crippen LogP contribution >= 0.6 is 11.3 Å². The highest BCUT2D eigenvalue weighted by Crippen LogP contribution is 2.32. The molecule has 4 rings (SSSR count). The van der Waals surface area contributed by atoms with E-state index in [4.69, 9.17) is 4.42 Å². The third-order valence-electron chi connectivity index (χ3n) is 4.49. The summed E-state index contributed by atoms with van der Waals surface area (Å²) in [5.74, 6) is -2.13. The van der Waals surface area contributed by atoms with E-state index in [1.807, 2.05) is 30.3 Å². The zero-order chi connectivity index (χ0) is 19.7. The highest BCUT2D eigenvalue weighted by Gasteiger charge is 2.39. The number of thiazole rings is 1. The molecule has 0 saturated carbocycles. The van der Waals surface area contributed by atoms with E-state index in [0.717, 1.165) is 10.6 Å².